The van der Waals surface area contributed by atoms with E-state index in [9.17, 15) is 9.59 Å². The molecule has 4 atom stereocenters. The zero-order valence-electron chi connectivity index (χ0n) is 17.2. The van der Waals surface area contributed by atoms with Crippen molar-refractivity contribution in [3.05, 3.63) is 12.4 Å². The van der Waals surface area contributed by atoms with Crippen molar-refractivity contribution in [2.24, 2.45) is 11.3 Å². The number of carbonyl (C=O) groups is 2. The van der Waals surface area contributed by atoms with E-state index >= 15 is 0 Å². The number of ether oxygens (including phenoxy) is 1. The monoisotopic (exact) mass is 425 g/mol. The molecular weight excluding hydrogens is 394 g/mol. The first-order valence-electron chi connectivity index (χ1n) is 10.4. The molecule has 1 aromatic heterocycles. The summed E-state index contributed by atoms with van der Waals surface area (Å²) in [7, 11) is 0. The summed E-state index contributed by atoms with van der Waals surface area (Å²) in [5.41, 5.74) is 0.364. The van der Waals surface area contributed by atoms with Crippen LogP contribution in [-0.4, -0.2) is 64.9 Å². The Balaban J connectivity index is 0.00000240. The van der Waals surface area contributed by atoms with Crippen molar-refractivity contribution in [1.82, 2.24) is 20.0 Å². The molecule has 1 saturated carbocycles. The third kappa shape index (κ3) is 4.59. The zero-order valence-corrected chi connectivity index (χ0v) is 18.0. The van der Waals surface area contributed by atoms with Crippen LogP contribution in [0.2, 0.25) is 0 Å². The van der Waals surface area contributed by atoms with Crippen LogP contribution in [0.5, 0.6) is 0 Å². The molecule has 3 fully saturated rings. The smallest absolute Gasteiger partial charge is 0.244 e. The van der Waals surface area contributed by atoms with Gasteiger partial charge in [-0.25, -0.2) is 0 Å². The molecule has 2 saturated heterocycles. The first-order chi connectivity index (χ1) is 13.5. The molecule has 0 aromatic carbocycles. The van der Waals surface area contributed by atoms with Gasteiger partial charge in [0.2, 0.25) is 11.8 Å². The van der Waals surface area contributed by atoms with Gasteiger partial charge in [0, 0.05) is 25.8 Å². The summed E-state index contributed by atoms with van der Waals surface area (Å²) in [5.74, 6) is 0.529. The molecule has 2 N–H and O–H groups in total. The summed E-state index contributed by atoms with van der Waals surface area (Å²) in [4.78, 5) is 27.5. The Kier molecular flexibility index (Phi) is 6.86. The first kappa shape index (κ1) is 22.1. The topological polar surface area (TPSA) is 88.5 Å². The molecule has 4 rings (SSSR count). The predicted molar refractivity (Wildman–Crippen MR) is 112 cm³/mol. The van der Waals surface area contributed by atoms with E-state index < -0.39 is 0 Å². The lowest BCUT2D eigenvalue weighted by Gasteiger charge is -2.36. The molecule has 8 nitrogen and oxygen atoms in total. The third-order valence-electron chi connectivity index (χ3n) is 6.45. The highest BCUT2D eigenvalue weighted by molar-refractivity contribution is 5.96. The summed E-state index contributed by atoms with van der Waals surface area (Å²) in [5, 5.41) is 10.7. The number of fused-ring (bicyclic) bond motifs is 1. The summed E-state index contributed by atoms with van der Waals surface area (Å²) in [6, 6.07) is 0. The van der Waals surface area contributed by atoms with Crippen LogP contribution in [0.4, 0.5) is 5.69 Å². The number of halogens is 1. The van der Waals surface area contributed by atoms with Gasteiger partial charge in [0.15, 0.2) is 0 Å². The number of hydrogen-bond donors (Lipinski definition) is 2. The van der Waals surface area contributed by atoms with Gasteiger partial charge >= 0.3 is 0 Å². The quantitative estimate of drug-likeness (QED) is 0.765. The molecular formula is C20H32ClN5O3. The van der Waals surface area contributed by atoms with Crippen molar-refractivity contribution in [3.63, 3.8) is 0 Å². The number of aromatic nitrogens is 2. The molecule has 0 spiro atoms. The maximum atomic E-state index is 13.0. The van der Waals surface area contributed by atoms with Gasteiger partial charge in [-0.15, -0.1) is 12.4 Å². The Morgan fingerprint density at radius 3 is 2.83 bits per heavy atom. The number of hydrogen-bond acceptors (Lipinski definition) is 5. The molecule has 3 heterocycles. The molecule has 29 heavy (non-hydrogen) atoms. The molecule has 2 aliphatic heterocycles. The zero-order chi connectivity index (χ0) is 19.7. The van der Waals surface area contributed by atoms with Gasteiger partial charge < -0.3 is 20.3 Å². The van der Waals surface area contributed by atoms with Gasteiger partial charge in [0.1, 0.15) is 6.54 Å². The fourth-order valence-electron chi connectivity index (χ4n) is 5.08. The van der Waals surface area contributed by atoms with Crippen LogP contribution in [0.25, 0.3) is 0 Å². The van der Waals surface area contributed by atoms with E-state index in [-0.39, 0.29) is 48.4 Å². The summed E-state index contributed by atoms with van der Waals surface area (Å²) in [6.45, 7) is 7.02. The highest BCUT2D eigenvalue weighted by atomic mass is 35.5. The largest absolute Gasteiger partial charge is 0.372 e. The van der Waals surface area contributed by atoms with Gasteiger partial charge in [-0.3, -0.25) is 14.3 Å². The minimum atomic E-state index is -0.295. The molecule has 1 aromatic rings. The number of nitrogens with one attached hydrogen (secondary N) is 2. The van der Waals surface area contributed by atoms with Crippen LogP contribution in [0.3, 0.4) is 0 Å². The lowest BCUT2D eigenvalue weighted by atomic mass is 9.67. The van der Waals surface area contributed by atoms with E-state index in [1.54, 1.807) is 17.1 Å². The van der Waals surface area contributed by atoms with Crippen LogP contribution < -0.4 is 10.6 Å². The second-order valence-electron chi connectivity index (χ2n) is 8.67. The first-order valence-corrected chi connectivity index (χ1v) is 10.4. The Morgan fingerprint density at radius 2 is 2.07 bits per heavy atom. The Morgan fingerprint density at radius 1 is 1.31 bits per heavy atom. The minimum Gasteiger partial charge on any atom is -0.372 e. The van der Waals surface area contributed by atoms with Crippen molar-refractivity contribution >= 4 is 29.9 Å². The molecule has 2 unspecified atom stereocenters. The fraction of sp³-hybridized carbons (Fsp3) is 0.750. The maximum absolute atomic E-state index is 13.0. The highest BCUT2D eigenvalue weighted by Crippen LogP contribution is 2.44. The normalized spacial score (nSPS) is 31.7. The Hall–Kier alpha value is -1.64. The number of morpholine rings is 1. The highest BCUT2D eigenvalue weighted by Gasteiger charge is 2.49. The maximum Gasteiger partial charge on any atom is 0.244 e. The molecule has 9 heteroatoms. The molecule has 2 amide bonds. The molecule has 0 radical (unpaired) electrons. The summed E-state index contributed by atoms with van der Waals surface area (Å²) in [6.07, 6.45) is 7.84. The third-order valence-corrected chi connectivity index (χ3v) is 6.45. The standard InChI is InChI=1S/C20H31N5O3.ClH/c1-14-9-24(10-15(2)28-14)18(26)12-25-11-17(8-22-25)23-19(27)20-6-4-3-5-16(20)7-21-13-20;/h8,11,14-16,21H,3-7,9-10,12-13H2,1-2H3,(H,23,27);1H/t14?,15?,16-,20+;/m0./s1. The van der Waals surface area contributed by atoms with Crippen molar-refractivity contribution in [3.8, 4) is 0 Å². The lowest BCUT2D eigenvalue weighted by Crippen LogP contribution is -2.49. The lowest BCUT2D eigenvalue weighted by molar-refractivity contribution is -0.144. The number of amides is 2. The number of rotatable bonds is 4. The summed E-state index contributed by atoms with van der Waals surface area (Å²) < 4.78 is 7.29. The van der Waals surface area contributed by atoms with Gasteiger partial charge in [0.05, 0.1) is 29.5 Å². The fourth-order valence-corrected chi connectivity index (χ4v) is 5.08. The molecule has 162 valence electrons. The predicted octanol–water partition coefficient (Wildman–Crippen LogP) is 1.66. The average Bonchev–Trinajstić information content (AvgIpc) is 3.28. The minimum absolute atomic E-state index is 0. The van der Waals surface area contributed by atoms with E-state index in [2.05, 4.69) is 15.7 Å². The number of carbonyl (C=O) groups excluding carboxylic acids is 2. The van der Waals surface area contributed by atoms with Crippen LogP contribution in [-0.2, 0) is 20.9 Å². The molecule has 0 bridgehead atoms. The van der Waals surface area contributed by atoms with Crippen LogP contribution in [0.15, 0.2) is 12.4 Å². The van der Waals surface area contributed by atoms with Gasteiger partial charge in [-0.2, -0.15) is 5.10 Å². The SMILES string of the molecule is CC1CN(C(=O)Cn2cc(NC(=O)[C@@]34CCCC[C@H]3CNC4)cn2)CC(C)O1.Cl. The van der Waals surface area contributed by atoms with Crippen molar-refractivity contribution < 1.29 is 14.3 Å². The van der Waals surface area contributed by atoms with E-state index in [1.807, 2.05) is 18.7 Å². The second kappa shape index (κ2) is 9.02. The van der Waals surface area contributed by atoms with Crippen LogP contribution in [0, 0.1) is 11.3 Å². The van der Waals surface area contributed by atoms with Crippen molar-refractivity contribution in [2.45, 2.75) is 58.3 Å². The molecule has 1 aliphatic carbocycles. The van der Waals surface area contributed by atoms with E-state index in [1.165, 1.54) is 6.42 Å². The number of nitrogens with zero attached hydrogens (tertiary/aromatic N) is 3. The number of anilines is 1. The van der Waals surface area contributed by atoms with Gasteiger partial charge in [-0.1, -0.05) is 12.8 Å². The summed E-state index contributed by atoms with van der Waals surface area (Å²) >= 11 is 0. The van der Waals surface area contributed by atoms with E-state index in [0.717, 1.165) is 32.4 Å². The van der Waals surface area contributed by atoms with E-state index in [4.69, 9.17) is 4.74 Å². The average molecular weight is 426 g/mol. The van der Waals surface area contributed by atoms with Crippen molar-refractivity contribution in [1.29, 1.82) is 0 Å². The van der Waals surface area contributed by atoms with Gasteiger partial charge in [-0.05, 0) is 39.2 Å². The van der Waals surface area contributed by atoms with E-state index in [0.29, 0.717) is 24.7 Å². The van der Waals surface area contributed by atoms with Gasteiger partial charge in [0.25, 0.3) is 0 Å². The second-order valence-corrected chi connectivity index (χ2v) is 8.67. The van der Waals surface area contributed by atoms with Crippen LogP contribution in [0.1, 0.15) is 39.5 Å². The Labute approximate surface area is 178 Å². The van der Waals surface area contributed by atoms with Crippen molar-refractivity contribution in [2.75, 3.05) is 31.5 Å². The molecule has 3 aliphatic rings. The van der Waals surface area contributed by atoms with Crippen LogP contribution >= 0.6 is 12.4 Å². The Bertz CT molecular complexity index is 731.